The fourth-order valence-corrected chi connectivity index (χ4v) is 2.04. The average Bonchev–Trinajstić information content (AvgIpc) is 1.81. The van der Waals surface area contributed by atoms with Crippen molar-refractivity contribution in [2.24, 2.45) is 0 Å². The van der Waals surface area contributed by atoms with E-state index in [0.717, 1.165) is 0 Å². The lowest BCUT2D eigenvalue weighted by Gasteiger charge is -1.88. The van der Waals surface area contributed by atoms with Gasteiger partial charge in [0.25, 0.3) is 0 Å². The molecule has 0 fully saturated rings. The van der Waals surface area contributed by atoms with Crippen molar-refractivity contribution in [3.05, 3.63) is 11.5 Å². The second-order valence-electron chi connectivity index (χ2n) is 1.39. The molecule has 0 saturated heterocycles. The molecule has 0 amide bonds. The van der Waals surface area contributed by atoms with Gasteiger partial charge in [-0.1, -0.05) is 34.6 Å². The third-order valence-electron chi connectivity index (χ3n) is 0.547. The number of allylic oxidation sites excluding steroid dienone is 1. The largest absolute Gasteiger partial charge is 0.0896 e. The van der Waals surface area contributed by atoms with Crippen LogP contribution >= 0.6 is 21.6 Å². The first-order chi connectivity index (χ1) is 3.91. The van der Waals surface area contributed by atoms with Gasteiger partial charge < -0.3 is 0 Å². The van der Waals surface area contributed by atoms with Crippen molar-refractivity contribution in [3.8, 4) is 0 Å². The van der Waals surface area contributed by atoms with Crippen LogP contribution in [0.1, 0.15) is 20.3 Å². The van der Waals surface area contributed by atoms with Crippen molar-refractivity contribution < 1.29 is 0 Å². The van der Waals surface area contributed by atoms with Gasteiger partial charge in [0.1, 0.15) is 0 Å². The summed E-state index contributed by atoms with van der Waals surface area (Å²) < 4.78 is 0. The molecule has 0 spiro atoms. The first-order valence-electron chi connectivity index (χ1n) is 2.81. The molecule has 0 saturated carbocycles. The molecule has 0 nitrogen and oxygen atoms in total. The molecule has 0 aromatic rings. The second-order valence-corrected chi connectivity index (χ2v) is 3.78. The Balaban J connectivity index is 2.72. The fraction of sp³-hybridized carbons (Fsp3) is 0.667. The summed E-state index contributed by atoms with van der Waals surface area (Å²) in [5.74, 6) is 1.26. The van der Waals surface area contributed by atoms with Gasteiger partial charge in [-0.25, -0.2) is 0 Å². The van der Waals surface area contributed by atoms with E-state index in [4.69, 9.17) is 0 Å². The van der Waals surface area contributed by atoms with Crippen molar-refractivity contribution in [2.45, 2.75) is 20.3 Å². The lowest BCUT2D eigenvalue weighted by atomic mass is 10.6. The minimum Gasteiger partial charge on any atom is -0.0896 e. The van der Waals surface area contributed by atoms with Gasteiger partial charge in [-0.2, -0.15) is 0 Å². The maximum absolute atomic E-state index is 2.20. The lowest BCUT2D eigenvalue weighted by Crippen LogP contribution is -1.63. The van der Waals surface area contributed by atoms with Crippen LogP contribution in [0, 0.1) is 0 Å². The zero-order valence-corrected chi connectivity index (χ0v) is 7.02. The summed E-state index contributed by atoms with van der Waals surface area (Å²) >= 11 is 0. The Labute approximate surface area is 59.5 Å². The Morgan fingerprint density at radius 3 is 2.75 bits per heavy atom. The van der Waals surface area contributed by atoms with Gasteiger partial charge in [-0.3, -0.25) is 0 Å². The van der Waals surface area contributed by atoms with Crippen molar-refractivity contribution in [2.75, 3.05) is 5.75 Å². The predicted octanol–water partition coefficient (Wildman–Crippen LogP) is 3.31. The summed E-state index contributed by atoms with van der Waals surface area (Å²) in [7, 11) is 3.72. The molecule has 0 radical (unpaired) electrons. The highest BCUT2D eigenvalue weighted by atomic mass is 33.1. The zero-order valence-electron chi connectivity index (χ0n) is 5.39. The van der Waals surface area contributed by atoms with Gasteiger partial charge in [0.05, 0.1) is 0 Å². The fourth-order valence-electron chi connectivity index (χ4n) is 0.226. The van der Waals surface area contributed by atoms with Crippen LogP contribution in [0.4, 0.5) is 0 Å². The summed E-state index contributed by atoms with van der Waals surface area (Å²) in [5.41, 5.74) is 0. The van der Waals surface area contributed by atoms with E-state index in [1.165, 1.54) is 12.2 Å². The minimum atomic E-state index is 1.26. The van der Waals surface area contributed by atoms with Gasteiger partial charge in [-0.05, 0) is 18.8 Å². The zero-order chi connectivity index (χ0) is 6.24. The van der Waals surface area contributed by atoms with E-state index in [-0.39, 0.29) is 0 Å². The van der Waals surface area contributed by atoms with Gasteiger partial charge in [0.15, 0.2) is 0 Å². The highest BCUT2D eigenvalue weighted by Gasteiger charge is 1.79. The Kier molecular flexibility index (Phi) is 7.85. The van der Waals surface area contributed by atoms with Crippen molar-refractivity contribution >= 4 is 21.6 Å². The van der Waals surface area contributed by atoms with Crippen LogP contribution in [-0.4, -0.2) is 5.75 Å². The molecule has 0 aromatic carbocycles. The van der Waals surface area contributed by atoms with Crippen LogP contribution in [0.15, 0.2) is 11.5 Å². The molecule has 0 aromatic heterocycles. The molecule has 2 heteroatoms. The SMILES string of the molecule is CC=CSSCCC. The molecule has 0 unspecified atom stereocenters. The summed E-state index contributed by atoms with van der Waals surface area (Å²) in [5, 5.41) is 2.11. The van der Waals surface area contributed by atoms with Gasteiger partial charge in [0.2, 0.25) is 0 Å². The molecule has 0 heterocycles. The van der Waals surface area contributed by atoms with Crippen LogP contribution in [0.3, 0.4) is 0 Å². The molecule has 0 aliphatic rings. The maximum Gasteiger partial charge on any atom is 0.00375 e. The first-order valence-corrected chi connectivity index (χ1v) is 5.19. The molecule has 0 aliphatic heterocycles. The first kappa shape index (κ1) is 8.44. The Hall–Kier alpha value is 0.440. The van der Waals surface area contributed by atoms with Crippen LogP contribution in [0.25, 0.3) is 0 Å². The lowest BCUT2D eigenvalue weighted by molar-refractivity contribution is 1.11. The van der Waals surface area contributed by atoms with Crippen molar-refractivity contribution in [1.82, 2.24) is 0 Å². The van der Waals surface area contributed by atoms with Gasteiger partial charge in [0, 0.05) is 5.75 Å². The van der Waals surface area contributed by atoms with Crippen LogP contribution in [0.2, 0.25) is 0 Å². The minimum absolute atomic E-state index is 1.26. The summed E-state index contributed by atoms with van der Waals surface area (Å²) in [4.78, 5) is 0. The third-order valence-corrected chi connectivity index (χ3v) is 2.88. The molecule has 0 rings (SSSR count). The molecule has 48 valence electrons. The Bertz CT molecular complexity index is 59.5. The third kappa shape index (κ3) is 6.44. The van der Waals surface area contributed by atoms with Crippen molar-refractivity contribution in [1.29, 1.82) is 0 Å². The van der Waals surface area contributed by atoms with E-state index in [2.05, 4.69) is 18.4 Å². The van der Waals surface area contributed by atoms with Gasteiger partial charge in [-0.15, -0.1) is 0 Å². The van der Waals surface area contributed by atoms with E-state index < -0.39 is 0 Å². The molecular weight excluding hydrogens is 136 g/mol. The number of hydrogen-bond donors (Lipinski definition) is 0. The highest BCUT2D eigenvalue weighted by Crippen LogP contribution is 2.22. The topological polar surface area (TPSA) is 0 Å². The summed E-state index contributed by atoms with van der Waals surface area (Å²) in [6.07, 6.45) is 3.34. The predicted molar refractivity (Wildman–Crippen MR) is 45.2 cm³/mol. The number of rotatable bonds is 4. The van der Waals surface area contributed by atoms with E-state index in [1.807, 2.05) is 28.5 Å². The van der Waals surface area contributed by atoms with Crippen LogP contribution in [0.5, 0.6) is 0 Å². The monoisotopic (exact) mass is 148 g/mol. The maximum atomic E-state index is 2.20. The Morgan fingerprint density at radius 1 is 1.50 bits per heavy atom. The van der Waals surface area contributed by atoms with E-state index in [9.17, 15) is 0 Å². The Morgan fingerprint density at radius 2 is 2.25 bits per heavy atom. The quantitative estimate of drug-likeness (QED) is 0.443. The average molecular weight is 148 g/mol. The van der Waals surface area contributed by atoms with E-state index >= 15 is 0 Å². The molecule has 0 aliphatic carbocycles. The van der Waals surface area contributed by atoms with Crippen LogP contribution < -0.4 is 0 Å². The second kappa shape index (κ2) is 7.44. The van der Waals surface area contributed by atoms with E-state index in [0.29, 0.717) is 0 Å². The highest BCUT2D eigenvalue weighted by molar-refractivity contribution is 8.77. The standard InChI is InChI=1S/C6H12S2/c1-3-5-7-8-6-4-2/h3,5H,4,6H2,1-2H3. The summed E-state index contributed by atoms with van der Waals surface area (Å²) in [6.45, 7) is 4.24. The molecule has 0 N–H and O–H groups in total. The number of hydrogen-bond acceptors (Lipinski definition) is 2. The van der Waals surface area contributed by atoms with Crippen molar-refractivity contribution in [3.63, 3.8) is 0 Å². The summed E-state index contributed by atoms with van der Waals surface area (Å²) in [6, 6.07) is 0. The molecule has 0 bridgehead atoms. The van der Waals surface area contributed by atoms with E-state index in [1.54, 1.807) is 0 Å². The normalized spacial score (nSPS) is 10.8. The molecule has 0 atom stereocenters. The van der Waals surface area contributed by atoms with Crippen LogP contribution in [-0.2, 0) is 0 Å². The molecular formula is C6H12S2. The molecule has 8 heavy (non-hydrogen) atoms. The smallest absolute Gasteiger partial charge is 0.00375 e. The van der Waals surface area contributed by atoms with Gasteiger partial charge >= 0.3 is 0 Å².